The van der Waals surface area contributed by atoms with Gasteiger partial charge in [0.25, 0.3) is 0 Å². The molecule has 0 amide bonds. The summed E-state index contributed by atoms with van der Waals surface area (Å²) in [6.07, 6.45) is 2.32. The summed E-state index contributed by atoms with van der Waals surface area (Å²) in [5.41, 5.74) is 0.241. The maximum Gasteiger partial charge on any atom is 0.324 e. The Kier molecular flexibility index (Phi) is 2.99. The summed E-state index contributed by atoms with van der Waals surface area (Å²) in [5.74, 6) is -0.662. The molecule has 0 fully saturated rings. The van der Waals surface area contributed by atoms with Gasteiger partial charge in [-0.3, -0.25) is 10.1 Å². The second-order valence-corrected chi connectivity index (χ2v) is 2.42. The average molecular weight is 193 g/mol. The fourth-order valence-electron chi connectivity index (χ4n) is 0.866. The molecule has 0 aliphatic heterocycles. The van der Waals surface area contributed by atoms with E-state index in [1.54, 1.807) is 0 Å². The summed E-state index contributed by atoms with van der Waals surface area (Å²) >= 11 is 0. The minimum Gasteiger partial charge on any atom is -0.601 e. The number of nitrogens with zero attached hydrogens (tertiary/aromatic N) is 1. The lowest BCUT2D eigenvalue weighted by Gasteiger charge is -2.00. The first-order valence-corrected chi connectivity index (χ1v) is 3.73. The van der Waals surface area contributed by atoms with Crippen molar-refractivity contribution in [3.05, 3.63) is 52.0 Å². The Labute approximate surface area is 80.4 Å². The van der Waals surface area contributed by atoms with Crippen molar-refractivity contribution >= 4 is 5.69 Å². The number of nitro groups is 1. The Bertz CT molecular complexity index is 373. The second-order valence-electron chi connectivity index (χ2n) is 2.42. The highest BCUT2D eigenvalue weighted by atomic mass is 16.6. The molecule has 5 heteroatoms. The third-order valence-corrected chi connectivity index (χ3v) is 1.49. The molecule has 0 N–H and O–H groups in total. The predicted octanol–water partition coefficient (Wildman–Crippen LogP) is 0.594. The van der Waals surface area contributed by atoms with Gasteiger partial charge in [0.2, 0.25) is 0 Å². The highest BCUT2D eigenvalue weighted by Gasteiger charge is 2.11. The maximum atomic E-state index is 10.8. The highest BCUT2D eigenvalue weighted by Crippen LogP contribution is 2.13. The van der Waals surface area contributed by atoms with Crippen molar-refractivity contribution in [2.75, 3.05) is 7.11 Å². The van der Waals surface area contributed by atoms with E-state index in [-0.39, 0.29) is 5.69 Å². The van der Waals surface area contributed by atoms with Crippen molar-refractivity contribution < 1.29 is 14.8 Å². The Morgan fingerprint density at radius 2 is 2.29 bits per heavy atom. The smallest absolute Gasteiger partial charge is 0.324 e. The maximum absolute atomic E-state index is 10.8. The minimum absolute atomic E-state index is 0.0843. The Hall–Kier alpha value is -2.13. The fraction of sp³-hybridized carbons (Fsp3) is 0.111. The molecule has 0 atom stereocenters. The number of ether oxygens (including phenoxy) is 1. The lowest BCUT2D eigenvalue weighted by Crippen LogP contribution is -2.05. The van der Waals surface area contributed by atoms with Crippen molar-refractivity contribution in [1.82, 2.24) is 0 Å². The van der Waals surface area contributed by atoms with Gasteiger partial charge in [-0.2, -0.15) is 0 Å². The van der Waals surface area contributed by atoms with Crippen LogP contribution in [0.4, 0.5) is 5.69 Å². The number of benzene rings is 1. The summed E-state index contributed by atoms with van der Waals surface area (Å²) < 4.78 is 4.33. The lowest BCUT2D eigenvalue weighted by atomic mass is 10.2. The van der Waals surface area contributed by atoms with Crippen molar-refractivity contribution in [2.24, 2.45) is 0 Å². The zero-order chi connectivity index (χ0) is 10.6. The molecule has 14 heavy (non-hydrogen) atoms. The van der Waals surface area contributed by atoms with Crippen molar-refractivity contribution in [3.8, 4) is 0 Å². The molecule has 0 radical (unpaired) electrons. The zero-order valence-electron chi connectivity index (χ0n) is 7.39. The monoisotopic (exact) mass is 193 g/mol. The SMILES string of the molecule is COC([O-])=[C+]c1cccc([N+](=O)[O-])c1. The van der Waals surface area contributed by atoms with Crippen LogP contribution in [0.3, 0.4) is 0 Å². The van der Waals surface area contributed by atoms with E-state index in [1.807, 2.05) is 0 Å². The van der Waals surface area contributed by atoms with Crippen LogP contribution in [0.15, 0.2) is 30.2 Å². The molecular formula is C9H7NO4. The van der Waals surface area contributed by atoms with Gasteiger partial charge in [0.1, 0.15) is 6.07 Å². The molecular weight excluding hydrogens is 186 g/mol. The van der Waals surface area contributed by atoms with Gasteiger partial charge in [0.15, 0.2) is 11.5 Å². The number of nitro benzene ring substituents is 1. The van der Waals surface area contributed by atoms with Crippen LogP contribution in [0.1, 0.15) is 5.56 Å². The summed E-state index contributed by atoms with van der Waals surface area (Å²) in [6, 6.07) is 5.59. The standard InChI is InChI=1S/C9H7NO4/c1-14-9(11)6-7-3-2-4-8(5-7)10(12)13/h2-5H,1H3. The first-order valence-electron chi connectivity index (χ1n) is 3.73. The largest absolute Gasteiger partial charge is 0.601 e. The Balaban J connectivity index is 3.00. The summed E-state index contributed by atoms with van der Waals surface area (Å²) in [6.45, 7) is 0. The van der Waals surface area contributed by atoms with Gasteiger partial charge in [-0.25, -0.2) is 0 Å². The van der Waals surface area contributed by atoms with Gasteiger partial charge in [-0.15, -0.1) is 0 Å². The summed E-state index contributed by atoms with van der Waals surface area (Å²) in [4.78, 5) is 9.83. The fourth-order valence-corrected chi connectivity index (χ4v) is 0.866. The molecule has 1 aromatic rings. The van der Waals surface area contributed by atoms with E-state index in [2.05, 4.69) is 10.8 Å². The normalized spacial score (nSPS) is 10.5. The van der Waals surface area contributed by atoms with Crippen LogP contribution < -0.4 is 5.11 Å². The first kappa shape index (κ1) is 9.95. The van der Waals surface area contributed by atoms with E-state index in [4.69, 9.17) is 0 Å². The van der Waals surface area contributed by atoms with Crippen molar-refractivity contribution in [1.29, 1.82) is 0 Å². The molecule has 0 aromatic heterocycles. The highest BCUT2D eigenvalue weighted by molar-refractivity contribution is 5.37. The van der Waals surface area contributed by atoms with Gasteiger partial charge >= 0.3 is 5.69 Å². The molecule has 0 saturated heterocycles. The van der Waals surface area contributed by atoms with Crippen LogP contribution in [-0.2, 0) is 4.74 Å². The van der Waals surface area contributed by atoms with Crippen LogP contribution in [0.5, 0.6) is 0 Å². The second kappa shape index (κ2) is 4.20. The lowest BCUT2D eigenvalue weighted by molar-refractivity contribution is -0.384. The van der Waals surface area contributed by atoms with Gasteiger partial charge in [-0.05, 0) is 7.11 Å². The molecule has 0 aliphatic carbocycles. The Morgan fingerprint density at radius 1 is 1.57 bits per heavy atom. The Morgan fingerprint density at radius 3 is 2.86 bits per heavy atom. The van der Waals surface area contributed by atoms with E-state index >= 15 is 0 Å². The van der Waals surface area contributed by atoms with Crippen molar-refractivity contribution in [3.63, 3.8) is 0 Å². The zero-order valence-corrected chi connectivity index (χ0v) is 7.39. The van der Waals surface area contributed by atoms with Crippen LogP contribution >= 0.6 is 0 Å². The minimum atomic E-state index is -0.662. The topological polar surface area (TPSA) is 75.4 Å². The average Bonchev–Trinajstić information content (AvgIpc) is 2.18. The van der Waals surface area contributed by atoms with Crippen LogP contribution in [-0.4, -0.2) is 12.0 Å². The molecule has 1 rings (SSSR count). The number of non-ortho nitro benzene ring substituents is 1. The van der Waals surface area contributed by atoms with E-state index in [0.29, 0.717) is 5.56 Å². The molecule has 0 spiro atoms. The van der Waals surface area contributed by atoms with Gasteiger partial charge in [0.05, 0.1) is 17.1 Å². The van der Waals surface area contributed by atoms with Gasteiger partial charge in [0, 0.05) is 12.1 Å². The third kappa shape index (κ3) is 2.43. The van der Waals surface area contributed by atoms with Gasteiger partial charge < -0.3 is 9.84 Å². The van der Waals surface area contributed by atoms with E-state index < -0.39 is 10.9 Å². The molecule has 0 saturated carbocycles. The number of hydrogen-bond acceptors (Lipinski definition) is 4. The molecule has 0 bridgehead atoms. The van der Waals surface area contributed by atoms with Crippen LogP contribution in [0.2, 0.25) is 0 Å². The quantitative estimate of drug-likeness (QED) is 0.305. The third-order valence-electron chi connectivity index (χ3n) is 1.49. The van der Waals surface area contributed by atoms with Crippen molar-refractivity contribution in [2.45, 2.75) is 0 Å². The summed E-state index contributed by atoms with van der Waals surface area (Å²) in [5, 5.41) is 21.1. The molecule has 72 valence electrons. The first-order chi connectivity index (χ1) is 6.63. The number of methoxy groups -OCH3 is 1. The molecule has 0 aliphatic rings. The van der Waals surface area contributed by atoms with E-state index in [9.17, 15) is 15.2 Å². The number of rotatable bonds is 3. The predicted molar refractivity (Wildman–Crippen MR) is 46.0 cm³/mol. The molecule has 5 nitrogen and oxygen atoms in total. The molecule has 0 unspecified atom stereocenters. The number of hydrogen-bond donors (Lipinski definition) is 0. The molecule has 1 aromatic carbocycles. The summed E-state index contributed by atoms with van der Waals surface area (Å²) in [7, 11) is 1.21. The van der Waals surface area contributed by atoms with E-state index in [0.717, 1.165) is 0 Å². The van der Waals surface area contributed by atoms with Crippen LogP contribution in [0.25, 0.3) is 0 Å². The van der Waals surface area contributed by atoms with Gasteiger partial charge in [-0.1, -0.05) is 0 Å². The van der Waals surface area contributed by atoms with Crippen LogP contribution in [0, 0.1) is 16.2 Å². The van der Waals surface area contributed by atoms with E-state index in [1.165, 1.54) is 31.4 Å². The molecule has 0 heterocycles.